The molecule has 120 valence electrons. The Morgan fingerprint density at radius 3 is 2.52 bits per heavy atom. The molecule has 23 heavy (non-hydrogen) atoms. The molecule has 0 amide bonds. The van der Waals surface area contributed by atoms with E-state index in [0.29, 0.717) is 10.0 Å². The molecule has 4 heteroatoms. The van der Waals surface area contributed by atoms with Crippen LogP contribution < -0.4 is 0 Å². The first-order valence-corrected chi connectivity index (χ1v) is 8.83. The highest BCUT2D eigenvalue weighted by molar-refractivity contribution is 6.44. The van der Waals surface area contributed by atoms with Crippen LogP contribution in [0.4, 0.5) is 0 Å². The van der Waals surface area contributed by atoms with Gasteiger partial charge >= 0.3 is 0 Å². The molecular formula is C19H20Cl2N2. The average molecular weight is 347 g/mol. The lowest BCUT2D eigenvalue weighted by molar-refractivity contribution is 0.596. The second-order valence-corrected chi connectivity index (χ2v) is 6.56. The van der Waals surface area contributed by atoms with Crippen molar-refractivity contribution in [1.29, 1.82) is 0 Å². The van der Waals surface area contributed by atoms with Crippen molar-refractivity contribution in [3.63, 3.8) is 0 Å². The normalized spacial score (nSPS) is 11.3. The minimum Gasteiger partial charge on any atom is -0.328 e. The Bertz CT molecular complexity index is 794. The van der Waals surface area contributed by atoms with Gasteiger partial charge in [-0.1, -0.05) is 73.3 Å². The summed E-state index contributed by atoms with van der Waals surface area (Å²) in [5.74, 6) is 1.05. The number of aromatic nitrogens is 2. The number of fused-ring (bicyclic) bond motifs is 1. The highest BCUT2D eigenvalue weighted by Crippen LogP contribution is 2.31. The van der Waals surface area contributed by atoms with Gasteiger partial charge in [0.25, 0.3) is 0 Å². The third-order valence-electron chi connectivity index (χ3n) is 4.08. The van der Waals surface area contributed by atoms with Crippen molar-refractivity contribution >= 4 is 34.2 Å². The first-order valence-electron chi connectivity index (χ1n) is 8.07. The topological polar surface area (TPSA) is 17.8 Å². The quantitative estimate of drug-likeness (QED) is 0.491. The van der Waals surface area contributed by atoms with Crippen molar-refractivity contribution in [2.45, 2.75) is 39.2 Å². The Kier molecular flexibility index (Phi) is 5.24. The molecule has 0 aliphatic heterocycles. The lowest BCUT2D eigenvalue weighted by Gasteiger charge is -2.09. The van der Waals surface area contributed by atoms with Crippen LogP contribution in [0.15, 0.2) is 42.5 Å². The average Bonchev–Trinajstić information content (AvgIpc) is 2.91. The molecule has 0 unspecified atom stereocenters. The van der Waals surface area contributed by atoms with E-state index in [1.807, 2.05) is 18.2 Å². The molecule has 1 heterocycles. The van der Waals surface area contributed by atoms with Crippen LogP contribution in [0.1, 0.15) is 37.6 Å². The van der Waals surface area contributed by atoms with E-state index in [0.717, 1.165) is 36.2 Å². The zero-order valence-corrected chi connectivity index (χ0v) is 14.7. The number of hydrogen-bond donors (Lipinski definition) is 0. The molecule has 1 aromatic heterocycles. The second kappa shape index (κ2) is 7.37. The van der Waals surface area contributed by atoms with Gasteiger partial charge in [-0.2, -0.15) is 0 Å². The van der Waals surface area contributed by atoms with Crippen molar-refractivity contribution in [2.24, 2.45) is 0 Å². The number of benzene rings is 2. The highest BCUT2D eigenvalue weighted by atomic mass is 35.5. The predicted octanol–water partition coefficient (Wildman–Crippen LogP) is 6.12. The van der Waals surface area contributed by atoms with Gasteiger partial charge in [-0.25, -0.2) is 4.98 Å². The number of rotatable bonds is 6. The summed E-state index contributed by atoms with van der Waals surface area (Å²) in [4.78, 5) is 4.79. The molecule has 0 aliphatic rings. The molecule has 0 bridgehead atoms. The summed E-state index contributed by atoms with van der Waals surface area (Å²) in [6, 6.07) is 14.3. The van der Waals surface area contributed by atoms with Crippen molar-refractivity contribution in [2.75, 3.05) is 0 Å². The number of hydrogen-bond acceptors (Lipinski definition) is 1. The van der Waals surface area contributed by atoms with Crippen molar-refractivity contribution in [1.82, 2.24) is 9.55 Å². The molecule has 0 fully saturated rings. The zero-order chi connectivity index (χ0) is 16.2. The highest BCUT2D eigenvalue weighted by Gasteiger charge is 2.15. The Balaban J connectivity index is 2.03. The van der Waals surface area contributed by atoms with Gasteiger partial charge in [0.15, 0.2) is 0 Å². The maximum atomic E-state index is 6.37. The largest absolute Gasteiger partial charge is 0.328 e. The van der Waals surface area contributed by atoms with Gasteiger partial charge in [0.2, 0.25) is 0 Å². The van der Waals surface area contributed by atoms with E-state index < -0.39 is 0 Å². The van der Waals surface area contributed by atoms with Gasteiger partial charge < -0.3 is 4.57 Å². The molecule has 0 radical (unpaired) electrons. The lowest BCUT2D eigenvalue weighted by Crippen LogP contribution is -2.05. The molecule has 0 atom stereocenters. The zero-order valence-electron chi connectivity index (χ0n) is 13.2. The molecule has 0 spiro atoms. The summed E-state index contributed by atoms with van der Waals surface area (Å²) < 4.78 is 2.29. The molecule has 2 aromatic carbocycles. The summed E-state index contributed by atoms with van der Waals surface area (Å²) in [7, 11) is 0. The van der Waals surface area contributed by atoms with Crippen LogP contribution in [0.2, 0.25) is 10.0 Å². The maximum absolute atomic E-state index is 6.37. The fraction of sp³-hybridized carbons (Fsp3) is 0.316. The second-order valence-electron chi connectivity index (χ2n) is 5.78. The van der Waals surface area contributed by atoms with E-state index in [4.69, 9.17) is 28.2 Å². The molecular weight excluding hydrogens is 327 g/mol. The summed E-state index contributed by atoms with van der Waals surface area (Å²) in [6.07, 6.45) is 4.36. The predicted molar refractivity (Wildman–Crippen MR) is 98.5 cm³/mol. The summed E-state index contributed by atoms with van der Waals surface area (Å²) in [6.45, 7) is 3.18. The van der Waals surface area contributed by atoms with Crippen molar-refractivity contribution in [3.8, 4) is 0 Å². The van der Waals surface area contributed by atoms with E-state index in [1.54, 1.807) is 0 Å². The standard InChI is InChI=1S/C19H20Cl2N2/c1-2-3-7-12-23-16-11-10-15(20)18(21)19(16)22-17(23)13-14-8-5-4-6-9-14/h4-6,8-11H,2-3,7,12-13H2,1H3. The van der Waals surface area contributed by atoms with Gasteiger partial charge in [0, 0.05) is 13.0 Å². The van der Waals surface area contributed by atoms with Crippen molar-refractivity contribution < 1.29 is 0 Å². The number of halogens is 2. The van der Waals surface area contributed by atoms with Crippen LogP contribution >= 0.6 is 23.2 Å². The Hall–Kier alpha value is -1.51. The Morgan fingerprint density at radius 2 is 1.78 bits per heavy atom. The fourth-order valence-electron chi connectivity index (χ4n) is 2.87. The monoisotopic (exact) mass is 346 g/mol. The maximum Gasteiger partial charge on any atom is 0.114 e. The number of unbranched alkanes of at least 4 members (excludes halogenated alkanes) is 2. The Labute approximate surface area is 147 Å². The number of aryl methyl sites for hydroxylation is 1. The molecule has 3 rings (SSSR count). The van der Waals surface area contributed by atoms with Crippen LogP contribution in [-0.4, -0.2) is 9.55 Å². The van der Waals surface area contributed by atoms with Gasteiger partial charge in [0.1, 0.15) is 11.3 Å². The van der Waals surface area contributed by atoms with Crippen LogP contribution in [-0.2, 0) is 13.0 Å². The van der Waals surface area contributed by atoms with Gasteiger partial charge in [-0.05, 0) is 24.1 Å². The van der Waals surface area contributed by atoms with Crippen LogP contribution in [0, 0.1) is 0 Å². The molecule has 2 nitrogen and oxygen atoms in total. The third kappa shape index (κ3) is 3.54. The third-order valence-corrected chi connectivity index (χ3v) is 4.88. The van der Waals surface area contributed by atoms with Crippen LogP contribution in [0.25, 0.3) is 11.0 Å². The molecule has 0 N–H and O–H groups in total. The molecule has 0 saturated heterocycles. The number of nitrogens with zero attached hydrogens (tertiary/aromatic N) is 2. The van der Waals surface area contributed by atoms with Crippen molar-refractivity contribution in [3.05, 3.63) is 63.9 Å². The van der Waals surface area contributed by atoms with E-state index in [1.165, 1.54) is 18.4 Å². The Morgan fingerprint density at radius 1 is 1.00 bits per heavy atom. The summed E-state index contributed by atoms with van der Waals surface area (Å²) in [5, 5.41) is 1.11. The summed E-state index contributed by atoms with van der Waals surface area (Å²) >= 11 is 12.5. The van der Waals surface area contributed by atoms with E-state index >= 15 is 0 Å². The van der Waals surface area contributed by atoms with E-state index in [9.17, 15) is 0 Å². The molecule has 0 saturated carbocycles. The lowest BCUT2D eigenvalue weighted by atomic mass is 10.1. The smallest absolute Gasteiger partial charge is 0.114 e. The van der Waals surface area contributed by atoms with Gasteiger partial charge in [-0.3, -0.25) is 0 Å². The SMILES string of the molecule is CCCCCn1c(Cc2ccccc2)nc2c(Cl)c(Cl)ccc21. The molecule has 0 aliphatic carbocycles. The van der Waals surface area contributed by atoms with Gasteiger partial charge in [0.05, 0.1) is 15.6 Å². The minimum atomic E-state index is 0.549. The minimum absolute atomic E-state index is 0.549. The van der Waals surface area contributed by atoms with E-state index in [2.05, 4.69) is 35.8 Å². The first kappa shape index (κ1) is 16.4. The van der Waals surface area contributed by atoms with Gasteiger partial charge in [-0.15, -0.1) is 0 Å². The van der Waals surface area contributed by atoms with Crippen LogP contribution in [0.3, 0.4) is 0 Å². The molecule has 3 aromatic rings. The summed E-state index contributed by atoms with van der Waals surface area (Å²) in [5.41, 5.74) is 3.13. The fourth-order valence-corrected chi connectivity index (χ4v) is 3.22. The van der Waals surface area contributed by atoms with Crippen LogP contribution in [0.5, 0.6) is 0 Å². The first-order chi connectivity index (χ1) is 11.2. The van der Waals surface area contributed by atoms with E-state index in [-0.39, 0.29) is 0 Å². The number of imidazole rings is 1.